The van der Waals surface area contributed by atoms with Crippen molar-refractivity contribution in [3.63, 3.8) is 0 Å². The average Bonchev–Trinajstić information content (AvgIpc) is 2.61. The van der Waals surface area contributed by atoms with E-state index in [2.05, 4.69) is 12.1 Å². The molecular weight excluding hydrogens is 306 g/mol. The Bertz CT molecular complexity index is 541. The summed E-state index contributed by atoms with van der Waals surface area (Å²) in [6.07, 6.45) is 6.64. The van der Waals surface area contributed by atoms with Crippen LogP contribution in [0, 0.1) is 0 Å². The molecule has 0 spiro atoms. The molecule has 0 saturated carbocycles. The molecule has 1 N–H and O–H groups in total. The van der Waals surface area contributed by atoms with Crippen molar-refractivity contribution in [3.05, 3.63) is 29.8 Å². The molecule has 1 atom stereocenters. The molecule has 0 radical (unpaired) electrons. The Hall–Kier alpha value is -2.04. The fourth-order valence-electron chi connectivity index (χ4n) is 3.20. The zero-order chi connectivity index (χ0) is 17.4. The van der Waals surface area contributed by atoms with Crippen molar-refractivity contribution in [1.82, 2.24) is 4.90 Å². The number of hydrogen-bond donors (Lipinski definition) is 1. The smallest absolute Gasteiger partial charge is 0.326 e. The van der Waals surface area contributed by atoms with Gasteiger partial charge in [0.2, 0.25) is 5.91 Å². The molecule has 0 aliphatic carbocycles. The highest BCUT2D eigenvalue weighted by Crippen LogP contribution is 2.19. The monoisotopic (exact) mass is 333 g/mol. The molecule has 5 heteroatoms. The van der Waals surface area contributed by atoms with Gasteiger partial charge in [-0.25, -0.2) is 4.79 Å². The lowest BCUT2D eigenvalue weighted by atomic mass is 10.0. The Morgan fingerprint density at radius 1 is 1.17 bits per heavy atom. The zero-order valence-electron chi connectivity index (χ0n) is 14.4. The number of nitrogens with zero attached hydrogens (tertiary/aromatic N) is 1. The van der Waals surface area contributed by atoms with E-state index >= 15 is 0 Å². The van der Waals surface area contributed by atoms with Gasteiger partial charge in [0.05, 0.1) is 7.11 Å². The minimum atomic E-state index is -0.873. The van der Waals surface area contributed by atoms with Crippen LogP contribution in [-0.4, -0.2) is 41.6 Å². The topological polar surface area (TPSA) is 66.8 Å². The maximum atomic E-state index is 12.3. The number of rotatable bonds is 8. The highest BCUT2D eigenvalue weighted by atomic mass is 16.5. The number of hydrogen-bond acceptors (Lipinski definition) is 3. The van der Waals surface area contributed by atoms with E-state index in [0.717, 1.165) is 44.3 Å². The summed E-state index contributed by atoms with van der Waals surface area (Å²) in [5, 5.41) is 9.23. The van der Waals surface area contributed by atoms with Crippen LogP contribution in [0.25, 0.3) is 0 Å². The highest BCUT2D eigenvalue weighted by molar-refractivity contribution is 5.83. The summed E-state index contributed by atoms with van der Waals surface area (Å²) in [7, 11) is 1.66. The van der Waals surface area contributed by atoms with E-state index in [-0.39, 0.29) is 5.91 Å². The first-order valence-electron chi connectivity index (χ1n) is 8.77. The van der Waals surface area contributed by atoms with Gasteiger partial charge >= 0.3 is 5.97 Å². The third kappa shape index (κ3) is 5.25. The fourth-order valence-corrected chi connectivity index (χ4v) is 3.20. The molecule has 2 rings (SSSR count). The zero-order valence-corrected chi connectivity index (χ0v) is 14.4. The predicted molar refractivity (Wildman–Crippen MR) is 92.2 cm³/mol. The fraction of sp³-hybridized carbons (Fsp3) is 0.579. The molecule has 1 aliphatic heterocycles. The van der Waals surface area contributed by atoms with Gasteiger partial charge in [-0.1, -0.05) is 18.6 Å². The lowest BCUT2D eigenvalue weighted by molar-refractivity contribution is -0.152. The molecule has 1 aromatic rings. The third-order valence-electron chi connectivity index (χ3n) is 4.62. The summed E-state index contributed by atoms with van der Waals surface area (Å²) in [5.74, 6) is -0.0204. The van der Waals surface area contributed by atoms with Gasteiger partial charge in [0, 0.05) is 13.0 Å². The normalized spacial score (nSPS) is 17.5. The second kappa shape index (κ2) is 9.30. The number of carbonyl (C=O) groups is 2. The summed E-state index contributed by atoms with van der Waals surface area (Å²) in [6, 6.07) is 7.43. The van der Waals surface area contributed by atoms with E-state index < -0.39 is 12.0 Å². The quantitative estimate of drug-likeness (QED) is 0.742. The molecule has 132 valence electrons. The third-order valence-corrected chi connectivity index (χ3v) is 4.62. The van der Waals surface area contributed by atoms with E-state index in [0.29, 0.717) is 19.4 Å². The summed E-state index contributed by atoms with van der Waals surface area (Å²) in [6.45, 7) is 0.585. The lowest BCUT2D eigenvalue weighted by Crippen LogP contribution is -2.47. The SMILES string of the molecule is COc1ccc(CCCCCC(=O)N2CCCCC2C(=O)O)cc1. The van der Waals surface area contributed by atoms with E-state index in [1.54, 1.807) is 12.0 Å². The van der Waals surface area contributed by atoms with Gasteiger partial charge in [-0.15, -0.1) is 0 Å². The number of amides is 1. The van der Waals surface area contributed by atoms with Crippen LogP contribution < -0.4 is 4.74 Å². The summed E-state index contributed by atoms with van der Waals surface area (Å²) in [5.41, 5.74) is 1.27. The van der Waals surface area contributed by atoms with Crippen LogP contribution >= 0.6 is 0 Å². The van der Waals surface area contributed by atoms with E-state index in [9.17, 15) is 14.7 Å². The second-order valence-electron chi connectivity index (χ2n) is 6.35. The van der Waals surface area contributed by atoms with Gasteiger partial charge in [0.25, 0.3) is 0 Å². The van der Waals surface area contributed by atoms with E-state index in [1.165, 1.54) is 5.56 Å². The Morgan fingerprint density at radius 3 is 2.58 bits per heavy atom. The number of aryl methyl sites for hydroxylation is 1. The van der Waals surface area contributed by atoms with Gasteiger partial charge in [-0.3, -0.25) is 4.79 Å². The molecule has 1 amide bonds. The summed E-state index contributed by atoms with van der Waals surface area (Å²) in [4.78, 5) is 25.1. The minimum absolute atomic E-state index is 0.00783. The first kappa shape index (κ1) is 18.3. The standard InChI is InChI=1S/C19H27NO4/c1-24-16-12-10-15(11-13-16)7-3-2-4-9-18(21)20-14-6-5-8-17(20)19(22)23/h10-13,17H,2-9,14H2,1H3,(H,22,23). The van der Waals surface area contributed by atoms with E-state index in [1.807, 2.05) is 12.1 Å². The maximum absolute atomic E-state index is 12.3. The summed E-state index contributed by atoms with van der Waals surface area (Å²) >= 11 is 0. The number of ether oxygens (including phenoxy) is 1. The van der Waals surface area contributed by atoms with Crippen molar-refractivity contribution >= 4 is 11.9 Å². The van der Waals surface area contributed by atoms with Crippen LogP contribution in [0.1, 0.15) is 50.5 Å². The van der Waals surface area contributed by atoms with Gasteiger partial charge in [-0.05, 0) is 56.2 Å². The van der Waals surface area contributed by atoms with Crippen molar-refractivity contribution in [1.29, 1.82) is 0 Å². The number of carbonyl (C=O) groups excluding carboxylic acids is 1. The van der Waals surface area contributed by atoms with Crippen molar-refractivity contribution in [2.24, 2.45) is 0 Å². The predicted octanol–water partition coefficient (Wildman–Crippen LogP) is 3.26. The minimum Gasteiger partial charge on any atom is -0.497 e. The Kier molecular flexibility index (Phi) is 7.09. The van der Waals surface area contributed by atoms with Crippen molar-refractivity contribution in [2.45, 2.75) is 57.4 Å². The van der Waals surface area contributed by atoms with Crippen LogP contribution in [0.4, 0.5) is 0 Å². The average molecular weight is 333 g/mol. The number of carboxylic acids is 1. The molecule has 1 aromatic carbocycles. The molecule has 1 aliphatic rings. The second-order valence-corrected chi connectivity index (χ2v) is 6.35. The van der Waals surface area contributed by atoms with Crippen molar-refractivity contribution in [3.8, 4) is 5.75 Å². The van der Waals surface area contributed by atoms with Crippen LogP contribution in [0.2, 0.25) is 0 Å². The summed E-state index contributed by atoms with van der Waals surface area (Å²) < 4.78 is 5.14. The molecule has 0 aromatic heterocycles. The highest BCUT2D eigenvalue weighted by Gasteiger charge is 2.31. The Morgan fingerprint density at radius 2 is 1.92 bits per heavy atom. The van der Waals surface area contributed by atoms with Crippen molar-refractivity contribution < 1.29 is 19.4 Å². The van der Waals surface area contributed by atoms with Crippen LogP contribution in [0.15, 0.2) is 24.3 Å². The van der Waals surface area contributed by atoms with Crippen LogP contribution in [0.3, 0.4) is 0 Å². The van der Waals surface area contributed by atoms with Gasteiger partial charge in [-0.2, -0.15) is 0 Å². The molecular formula is C19H27NO4. The molecule has 5 nitrogen and oxygen atoms in total. The Labute approximate surface area is 143 Å². The van der Waals surface area contributed by atoms with Crippen LogP contribution in [-0.2, 0) is 16.0 Å². The molecule has 0 bridgehead atoms. The molecule has 1 fully saturated rings. The van der Waals surface area contributed by atoms with Crippen LogP contribution in [0.5, 0.6) is 5.75 Å². The molecule has 1 saturated heterocycles. The van der Waals surface area contributed by atoms with Crippen molar-refractivity contribution in [2.75, 3.05) is 13.7 Å². The number of methoxy groups -OCH3 is 1. The largest absolute Gasteiger partial charge is 0.497 e. The first-order valence-corrected chi connectivity index (χ1v) is 8.77. The maximum Gasteiger partial charge on any atom is 0.326 e. The first-order chi connectivity index (χ1) is 11.6. The molecule has 1 heterocycles. The molecule has 1 unspecified atom stereocenters. The number of piperidine rings is 1. The number of likely N-dealkylation sites (tertiary alicyclic amines) is 1. The lowest BCUT2D eigenvalue weighted by Gasteiger charge is -2.33. The number of benzene rings is 1. The number of carboxylic acid groups (broad SMARTS) is 1. The van der Waals surface area contributed by atoms with E-state index in [4.69, 9.17) is 4.74 Å². The number of aliphatic carboxylic acids is 1. The Balaban J connectivity index is 1.67. The number of unbranched alkanes of at least 4 members (excludes halogenated alkanes) is 2. The van der Waals surface area contributed by atoms with Gasteiger partial charge in [0.15, 0.2) is 0 Å². The van der Waals surface area contributed by atoms with Gasteiger partial charge < -0.3 is 14.7 Å². The van der Waals surface area contributed by atoms with Gasteiger partial charge in [0.1, 0.15) is 11.8 Å². The molecule has 24 heavy (non-hydrogen) atoms.